The number of nitro benzene ring substituents is 1. The Kier molecular flexibility index (Phi) is 6.85. The Labute approximate surface area is 165 Å². The summed E-state index contributed by atoms with van der Waals surface area (Å²) >= 11 is 0. The van der Waals surface area contributed by atoms with Gasteiger partial charge in [0.15, 0.2) is 5.78 Å². The van der Waals surface area contributed by atoms with Gasteiger partial charge in [0.05, 0.1) is 24.1 Å². The number of non-ortho nitro benzene ring substituents is 1. The molecule has 0 spiro atoms. The molecule has 10 heteroatoms. The molecule has 1 amide bonds. The Morgan fingerprint density at radius 3 is 2.52 bits per heavy atom. The number of hydrogen-bond acceptors (Lipinski definition) is 7. The van der Waals surface area contributed by atoms with Crippen LogP contribution in [0.4, 0.5) is 17.1 Å². The van der Waals surface area contributed by atoms with E-state index in [-0.39, 0.29) is 22.9 Å². The molecule has 0 saturated heterocycles. The molecule has 0 fully saturated rings. The van der Waals surface area contributed by atoms with Crippen molar-refractivity contribution in [2.75, 3.05) is 17.7 Å². The number of ether oxygens (including phenoxy) is 1. The first-order valence-corrected chi connectivity index (χ1v) is 8.44. The lowest BCUT2D eigenvalue weighted by molar-refractivity contribution is -0.384. The molecule has 0 bridgehead atoms. The summed E-state index contributed by atoms with van der Waals surface area (Å²) in [4.78, 5) is 45.6. The van der Waals surface area contributed by atoms with Gasteiger partial charge in [-0.05, 0) is 25.1 Å². The minimum absolute atomic E-state index is 0.0699. The zero-order chi connectivity index (χ0) is 21.6. The minimum Gasteiger partial charge on any atom is -0.495 e. The first-order valence-electron chi connectivity index (χ1n) is 8.44. The van der Waals surface area contributed by atoms with E-state index in [1.165, 1.54) is 32.2 Å². The van der Waals surface area contributed by atoms with Crippen molar-refractivity contribution in [3.05, 3.63) is 58.1 Å². The van der Waals surface area contributed by atoms with Gasteiger partial charge in [-0.1, -0.05) is 12.1 Å². The largest absolute Gasteiger partial charge is 0.495 e. The van der Waals surface area contributed by atoms with E-state index in [0.717, 1.165) is 6.07 Å². The zero-order valence-corrected chi connectivity index (χ0v) is 15.7. The summed E-state index contributed by atoms with van der Waals surface area (Å²) in [6.07, 6.45) is -0.467. The highest BCUT2D eigenvalue weighted by Gasteiger charge is 2.24. The van der Waals surface area contributed by atoms with Crippen LogP contribution in [-0.4, -0.2) is 40.8 Å². The maximum atomic E-state index is 12.3. The Bertz CT molecular complexity index is 959. The van der Waals surface area contributed by atoms with Crippen molar-refractivity contribution in [1.29, 1.82) is 0 Å². The maximum absolute atomic E-state index is 12.3. The van der Waals surface area contributed by atoms with Gasteiger partial charge >= 0.3 is 5.97 Å². The van der Waals surface area contributed by atoms with Gasteiger partial charge in [0.1, 0.15) is 11.8 Å². The third kappa shape index (κ3) is 5.76. The number of Topliss-reactive ketones (excluding diaryl/α,β-unsaturated/α-hetero) is 1. The van der Waals surface area contributed by atoms with Crippen LogP contribution in [-0.2, 0) is 9.59 Å². The van der Waals surface area contributed by atoms with Gasteiger partial charge in [-0.3, -0.25) is 19.7 Å². The molecule has 29 heavy (non-hydrogen) atoms. The van der Waals surface area contributed by atoms with Gasteiger partial charge in [-0.15, -0.1) is 0 Å². The van der Waals surface area contributed by atoms with Crippen LogP contribution in [0.15, 0.2) is 42.5 Å². The highest BCUT2D eigenvalue weighted by molar-refractivity contribution is 5.98. The molecule has 2 aromatic carbocycles. The summed E-state index contributed by atoms with van der Waals surface area (Å²) in [6, 6.07) is 8.53. The number of amides is 1. The van der Waals surface area contributed by atoms with Crippen LogP contribution in [0.5, 0.6) is 5.75 Å². The standard InChI is InChI=1S/C19H19N3O7/c1-11(23)12-4-3-5-13(8-12)20-18(24)10-16(19(25)26)21-15-9-14(22(27)28)6-7-17(15)29-2/h3-9,16,21H,10H2,1-2H3,(H,20,24)(H,25,26). The zero-order valence-electron chi connectivity index (χ0n) is 15.7. The summed E-state index contributed by atoms with van der Waals surface area (Å²) in [5.74, 6) is -1.93. The number of nitrogens with one attached hydrogen (secondary N) is 2. The van der Waals surface area contributed by atoms with Crippen LogP contribution in [0.25, 0.3) is 0 Å². The summed E-state index contributed by atoms with van der Waals surface area (Å²) in [6.45, 7) is 1.39. The van der Waals surface area contributed by atoms with E-state index in [9.17, 15) is 29.6 Å². The number of methoxy groups -OCH3 is 1. The van der Waals surface area contributed by atoms with Crippen molar-refractivity contribution in [3.63, 3.8) is 0 Å². The predicted molar refractivity (Wildman–Crippen MR) is 104 cm³/mol. The first kappa shape index (κ1) is 21.4. The van der Waals surface area contributed by atoms with E-state index in [1.54, 1.807) is 18.2 Å². The van der Waals surface area contributed by atoms with Gasteiger partial charge in [0.2, 0.25) is 5.91 Å². The molecule has 152 valence electrons. The average Bonchev–Trinajstić information content (AvgIpc) is 2.67. The first-order chi connectivity index (χ1) is 13.7. The number of nitrogens with zero attached hydrogens (tertiary/aromatic N) is 1. The van der Waals surface area contributed by atoms with E-state index in [1.807, 2.05) is 0 Å². The number of carboxylic acids is 1. The fourth-order valence-electron chi connectivity index (χ4n) is 2.52. The Morgan fingerprint density at radius 2 is 1.93 bits per heavy atom. The van der Waals surface area contributed by atoms with E-state index in [2.05, 4.69) is 10.6 Å². The SMILES string of the molecule is COc1ccc([N+](=O)[O-])cc1NC(CC(=O)Nc1cccc(C(C)=O)c1)C(=O)O. The van der Waals surface area contributed by atoms with Gasteiger partial charge in [0, 0.05) is 23.4 Å². The molecule has 0 aliphatic rings. The van der Waals surface area contributed by atoms with Crippen molar-refractivity contribution in [2.45, 2.75) is 19.4 Å². The van der Waals surface area contributed by atoms with Crippen molar-refractivity contribution in [2.24, 2.45) is 0 Å². The average molecular weight is 401 g/mol. The topological polar surface area (TPSA) is 148 Å². The molecule has 0 radical (unpaired) electrons. The second kappa shape index (κ2) is 9.31. The Morgan fingerprint density at radius 1 is 1.21 bits per heavy atom. The van der Waals surface area contributed by atoms with Crippen molar-refractivity contribution < 1.29 is 29.2 Å². The molecular formula is C19H19N3O7. The molecule has 2 rings (SSSR count). The highest BCUT2D eigenvalue weighted by Crippen LogP contribution is 2.29. The summed E-state index contributed by atoms with van der Waals surface area (Å²) in [7, 11) is 1.33. The Hall–Kier alpha value is -3.95. The number of rotatable bonds is 9. The summed E-state index contributed by atoms with van der Waals surface area (Å²) < 4.78 is 5.09. The van der Waals surface area contributed by atoms with E-state index < -0.39 is 29.3 Å². The van der Waals surface area contributed by atoms with Crippen LogP contribution in [0.2, 0.25) is 0 Å². The molecule has 0 aromatic heterocycles. The number of nitro groups is 1. The van der Waals surface area contributed by atoms with Gasteiger partial charge in [-0.25, -0.2) is 4.79 Å². The number of anilines is 2. The molecule has 0 aliphatic heterocycles. The third-order valence-corrected chi connectivity index (χ3v) is 3.96. The van der Waals surface area contributed by atoms with Crippen molar-refractivity contribution >= 4 is 34.7 Å². The molecule has 10 nitrogen and oxygen atoms in total. The summed E-state index contributed by atoms with van der Waals surface area (Å²) in [5.41, 5.74) is 0.556. The van der Waals surface area contributed by atoms with E-state index in [4.69, 9.17) is 4.74 Å². The number of hydrogen-bond donors (Lipinski definition) is 3. The second-order valence-corrected chi connectivity index (χ2v) is 6.07. The molecule has 2 aromatic rings. The number of benzene rings is 2. The number of ketones is 1. The molecule has 0 saturated carbocycles. The molecule has 0 heterocycles. The number of carbonyl (C=O) groups excluding carboxylic acids is 2. The van der Waals surface area contributed by atoms with E-state index >= 15 is 0 Å². The van der Waals surface area contributed by atoms with E-state index in [0.29, 0.717) is 11.3 Å². The second-order valence-electron chi connectivity index (χ2n) is 6.07. The molecule has 3 N–H and O–H groups in total. The lowest BCUT2D eigenvalue weighted by atomic mass is 10.1. The summed E-state index contributed by atoms with van der Waals surface area (Å²) in [5, 5.41) is 25.5. The fraction of sp³-hybridized carbons (Fsp3) is 0.211. The van der Waals surface area contributed by atoms with Crippen LogP contribution < -0.4 is 15.4 Å². The van der Waals surface area contributed by atoms with Crippen LogP contribution in [0.1, 0.15) is 23.7 Å². The lowest BCUT2D eigenvalue weighted by Crippen LogP contribution is -2.33. The molecule has 1 unspecified atom stereocenters. The van der Waals surface area contributed by atoms with Crippen LogP contribution >= 0.6 is 0 Å². The van der Waals surface area contributed by atoms with Gasteiger partial charge < -0.3 is 20.5 Å². The molecule has 1 atom stereocenters. The number of carboxylic acid groups (broad SMARTS) is 1. The minimum atomic E-state index is -1.37. The maximum Gasteiger partial charge on any atom is 0.326 e. The quantitative estimate of drug-likeness (QED) is 0.330. The highest BCUT2D eigenvalue weighted by atomic mass is 16.6. The van der Waals surface area contributed by atoms with Crippen molar-refractivity contribution in [3.8, 4) is 5.75 Å². The number of aliphatic carboxylic acids is 1. The fourth-order valence-corrected chi connectivity index (χ4v) is 2.52. The monoisotopic (exact) mass is 401 g/mol. The smallest absolute Gasteiger partial charge is 0.326 e. The molecule has 0 aliphatic carbocycles. The normalized spacial score (nSPS) is 11.2. The van der Waals surface area contributed by atoms with Crippen molar-refractivity contribution in [1.82, 2.24) is 0 Å². The lowest BCUT2D eigenvalue weighted by Gasteiger charge is -2.17. The van der Waals surface area contributed by atoms with Crippen LogP contribution in [0, 0.1) is 10.1 Å². The predicted octanol–water partition coefficient (Wildman–Crippen LogP) is 2.70. The Balaban J connectivity index is 2.16. The van der Waals surface area contributed by atoms with Gasteiger partial charge in [-0.2, -0.15) is 0 Å². The van der Waals surface area contributed by atoms with Crippen LogP contribution in [0.3, 0.4) is 0 Å². The molecular weight excluding hydrogens is 382 g/mol. The number of carbonyl (C=O) groups is 3. The van der Waals surface area contributed by atoms with Gasteiger partial charge in [0.25, 0.3) is 5.69 Å². The third-order valence-electron chi connectivity index (χ3n) is 3.96.